The highest BCUT2D eigenvalue weighted by molar-refractivity contribution is 5.80. The van der Waals surface area contributed by atoms with Crippen molar-refractivity contribution in [2.75, 3.05) is 19.6 Å². The highest BCUT2D eigenvalue weighted by Gasteiger charge is 2.29. The van der Waals surface area contributed by atoms with E-state index in [1.165, 1.54) is 4.90 Å². The Morgan fingerprint density at radius 2 is 1.79 bits per heavy atom. The van der Waals surface area contributed by atoms with E-state index in [9.17, 15) is 14.7 Å². The van der Waals surface area contributed by atoms with Crippen LogP contribution < -0.4 is 0 Å². The molecule has 6 nitrogen and oxygen atoms in total. The third-order valence-electron chi connectivity index (χ3n) is 3.67. The first-order valence-corrected chi connectivity index (χ1v) is 6.78. The van der Waals surface area contributed by atoms with Crippen LogP contribution in [0.15, 0.2) is 0 Å². The molecule has 0 radical (unpaired) electrons. The monoisotopic (exact) mass is 272 g/mol. The Balaban J connectivity index is 2.59. The number of rotatable bonds is 4. The standard InChI is InChI=1S/C13H24N2O4/c1-9(2)15(8-12(17)18)13(19)14-6-4-11(5-7-14)10(3)16/h9-11,16H,4-8H2,1-3H3,(H,17,18). The van der Waals surface area contributed by atoms with E-state index in [1.54, 1.807) is 11.8 Å². The van der Waals surface area contributed by atoms with Gasteiger partial charge in [-0.1, -0.05) is 0 Å². The fourth-order valence-electron chi connectivity index (χ4n) is 2.37. The van der Waals surface area contributed by atoms with Crippen LogP contribution in [0.25, 0.3) is 0 Å². The van der Waals surface area contributed by atoms with E-state index >= 15 is 0 Å². The van der Waals surface area contributed by atoms with Crippen molar-refractivity contribution < 1.29 is 19.8 Å². The lowest BCUT2D eigenvalue weighted by molar-refractivity contribution is -0.138. The zero-order chi connectivity index (χ0) is 14.6. The summed E-state index contributed by atoms with van der Waals surface area (Å²) in [5, 5.41) is 18.4. The summed E-state index contributed by atoms with van der Waals surface area (Å²) >= 11 is 0. The summed E-state index contributed by atoms with van der Waals surface area (Å²) in [7, 11) is 0. The number of aliphatic hydroxyl groups excluding tert-OH is 1. The number of nitrogens with zero attached hydrogens (tertiary/aromatic N) is 2. The smallest absolute Gasteiger partial charge is 0.323 e. The molecule has 0 aliphatic carbocycles. The lowest BCUT2D eigenvalue weighted by Gasteiger charge is -2.37. The summed E-state index contributed by atoms with van der Waals surface area (Å²) in [4.78, 5) is 26.1. The van der Waals surface area contributed by atoms with Gasteiger partial charge in [0, 0.05) is 19.1 Å². The number of carbonyl (C=O) groups is 2. The molecule has 6 heteroatoms. The van der Waals surface area contributed by atoms with E-state index in [4.69, 9.17) is 5.11 Å². The maximum atomic E-state index is 12.3. The van der Waals surface area contributed by atoms with Crippen LogP contribution >= 0.6 is 0 Å². The van der Waals surface area contributed by atoms with Gasteiger partial charge < -0.3 is 20.0 Å². The van der Waals surface area contributed by atoms with Crippen molar-refractivity contribution in [2.24, 2.45) is 5.92 Å². The molecule has 1 atom stereocenters. The summed E-state index contributed by atoms with van der Waals surface area (Å²) in [6.45, 7) is 6.28. The zero-order valence-electron chi connectivity index (χ0n) is 11.9. The molecule has 0 aromatic rings. The molecule has 0 bridgehead atoms. The van der Waals surface area contributed by atoms with E-state index in [0.717, 1.165) is 12.8 Å². The number of piperidine rings is 1. The Labute approximate surface area is 114 Å². The molecule has 2 N–H and O–H groups in total. The van der Waals surface area contributed by atoms with Crippen LogP contribution in [0.5, 0.6) is 0 Å². The zero-order valence-corrected chi connectivity index (χ0v) is 11.9. The molecule has 1 heterocycles. The second-order valence-corrected chi connectivity index (χ2v) is 5.46. The molecule has 0 aromatic carbocycles. The van der Waals surface area contributed by atoms with Gasteiger partial charge in [-0.3, -0.25) is 4.79 Å². The van der Waals surface area contributed by atoms with Crippen molar-refractivity contribution in [1.82, 2.24) is 9.80 Å². The fourth-order valence-corrected chi connectivity index (χ4v) is 2.37. The van der Waals surface area contributed by atoms with Crippen molar-refractivity contribution in [1.29, 1.82) is 0 Å². The minimum atomic E-state index is -0.999. The Morgan fingerprint density at radius 3 is 2.16 bits per heavy atom. The van der Waals surface area contributed by atoms with Crippen LogP contribution in [0.2, 0.25) is 0 Å². The topological polar surface area (TPSA) is 81.1 Å². The van der Waals surface area contributed by atoms with Gasteiger partial charge in [0.05, 0.1) is 6.10 Å². The second kappa shape index (κ2) is 6.75. The number of carboxylic acids is 1. The molecule has 19 heavy (non-hydrogen) atoms. The Kier molecular flexibility index (Phi) is 5.60. The number of hydrogen-bond acceptors (Lipinski definition) is 3. The van der Waals surface area contributed by atoms with Crippen LogP contribution in [0.4, 0.5) is 4.79 Å². The first-order chi connectivity index (χ1) is 8.82. The molecule has 1 fully saturated rings. The molecule has 2 amide bonds. The normalized spacial score (nSPS) is 18.5. The molecular formula is C13H24N2O4. The minimum absolute atomic E-state index is 0.141. The third-order valence-corrected chi connectivity index (χ3v) is 3.67. The third kappa shape index (κ3) is 4.38. The van der Waals surface area contributed by atoms with E-state index in [-0.39, 0.29) is 30.6 Å². The number of hydrogen-bond donors (Lipinski definition) is 2. The predicted octanol–water partition coefficient (Wildman–Crippen LogP) is 0.994. The van der Waals surface area contributed by atoms with Gasteiger partial charge in [-0.25, -0.2) is 4.79 Å². The van der Waals surface area contributed by atoms with Crippen molar-refractivity contribution in [3.63, 3.8) is 0 Å². The summed E-state index contributed by atoms with van der Waals surface area (Å²) in [5.74, 6) is -0.767. The number of likely N-dealkylation sites (tertiary alicyclic amines) is 1. The average Bonchev–Trinajstić information content (AvgIpc) is 2.34. The second-order valence-electron chi connectivity index (χ2n) is 5.46. The molecule has 0 saturated carbocycles. The predicted molar refractivity (Wildman–Crippen MR) is 70.9 cm³/mol. The molecule has 1 aliphatic rings. The van der Waals surface area contributed by atoms with Crippen molar-refractivity contribution >= 4 is 12.0 Å². The minimum Gasteiger partial charge on any atom is -0.480 e. The van der Waals surface area contributed by atoms with E-state index in [0.29, 0.717) is 13.1 Å². The lowest BCUT2D eigenvalue weighted by Crippen LogP contribution is -2.51. The molecule has 1 aliphatic heterocycles. The molecule has 1 rings (SSSR count). The van der Waals surface area contributed by atoms with Crippen LogP contribution in [0.3, 0.4) is 0 Å². The lowest BCUT2D eigenvalue weighted by atomic mass is 9.92. The Bertz CT molecular complexity index is 323. The van der Waals surface area contributed by atoms with Crippen molar-refractivity contribution in [2.45, 2.75) is 45.8 Å². The Morgan fingerprint density at radius 1 is 1.26 bits per heavy atom. The summed E-state index contributed by atoms with van der Waals surface area (Å²) < 4.78 is 0. The SMILES string of the molecule is CC(O)C1CCN(C(=O)N(CC(=O)O)C(C)C)CC1. The number of urea groups is 1. The summed E-state index contributed by atoms with van der Waals surface area (Å²) in [6.07, 6.45) is 1.18. The number of carbonyl (C=O) groups excluding carboxylic acids is 1. The number of carboxylic acid groups (broad SMARTS) is 1. The summed E-state index contributed by atoms with van der Waals surface area (Å²) in [6, 6.07) is -0.362. The van der Waals surface area contributed by atoms with Crippen LogP contribution in [-0.2, 0) is 4.79 Å². The molecule has 1 unspecified atom stereocenters. The van der Waals surface area contributed by atoms with E-state index < -0.39 is 5.97 Å². The molecule has 0 spiro atoms. The van der Waals surface area contributed by atoms with E-state index in [1.807, 2.05) is 13.8 Å². The van der Waals surface area contributed by atoms with Gasteiger partial charge in [0.25, 0.3) is 0 Å². The van der Waals surface area contributed by atoms with Gasteiger partial charge in [0.1, 0.15) is 6.54 Å². The Hall–Kier alpha value is -1.30. The van der Waals surface area contributed by atoms with Crippen LogP contribution in [0.1, 0.15) is 33.6 Å². The molecule has 0 aromatic heterocycles. The van der Waals surface area contributed by atoms with Gasteiger partial charge in [0.15, 0.2) is 0 Å². The quantitative estimate of drug-likeness (QED) is 0.800. The summed E-state index contributed by atoms with van der Waals surface area (Å²) in [5.41, 5.74) is 0. The van der Waals surface area contributed by atoms with Crippen LogP contribution in [0, 0.1) is 5.92 Å². The number of aliphatic hydroxyl groups is 1. The highest BCUT2D eigenvalue weighted by atomic mass is 16.4. The fraction of sp³-hybridized carbons (Fsp3) is 0.846. The van der Waals surface area contributed by atoms with Gasteiger partial charge in [-0.2, -0.15) is 0 Å². The van der Waals surface area contributed by atoms with Crippen LogP contribution in [-0.4, -0.2) is 63.8 Å². The van der Waals surface area contributed by atoms with Gasteiger partial charge in [-0.15, -0.1) is 0 Å². The highest BCUT2D eigenvalue weighted by Crippen LogP contribution is 2.21. The number of aliphatic carboxylic acids is 1. The van der Waals surface area contributed by atoms with E-state index in [2.05, 4.69) is 0 Å². The first-order valence-electron chi connectivity index (χ1n) is 6.78. The van der Waals surface area contributed by atoms with Gasteiger partial charge in [-0.05, 0) is 39.5 Å². The van der Waals surface area contributed by atoms with Crippen molar-refractivity contribution in [3.05, 3.63) is 0 Å². The van der Waals surface area contributed by atoms with Gasteiger partial charge >= 0.3 is 12.0 Å². The number of amides is 2. The molecule has 110 valence electrons. The molecular weight excluding hydrogens is 248 g/mol. The maximum absolute atomic E-state index is 12.3. The largest absolute Gasteiger partial charge is 0.480 e. The average molecular weight is 272 g/mol. The molecule has 1 saturated heterocycles. The van der Waals surface area contributed by atoms with Crippen molar-refractivity contribution in [3.8, 4) is 0 Å². The maximum Gasteiger partial charge on any atom is 0.323 e. The first kappa shape index (κ1) is 15.8. The van der Waals surface area contributed by atoms with Gasteiger partial charge in [0.2, 0.25) is 0 Å².